The van der Waals surface area contributed by atoms with Gasteiger partial charge in [0.25, 0.3) is 0 Å². The molecule has 0 saturated carbocycles. The highest BCUT2D eigenvalue weighted by molar-refractivity contribution is 7.78. The van der Waals surface area contributed by atoms with Gasteiger partial charge in [0.15, 0.2) is 0 Å². The second kappa shape index (κ2) is 7.06. The summed E-state index contributed by atoms with van der Waals surface area (Å²) in [5, 5.41) is 40.5. The Bertz CT molecular complexity index is 516. The van der Waals surface area contributed by atoms with E-state index in [1.807, 2.05) is 0 Å². The molecule has 7 nitrogen and oxygen atoms in total. The molecule has 0 bridgehead atoms. The monoisotopic (exact) mass is 313 g/mol. The number of aliphatic hydroxyl groups is 4. The van der Waals surface area contributed by atoms with Crippen LogP contribution in [-0.4, -0.2) is 62.9 Å². The van der Waals surface area contributed by atoms with E-state index in [1.165, 1.54) is 0 Å². The number of aliphatic imine (C=N–C) groups is 1. The van der Waals surface area contributed by atoms with Gasteiger partial charge in [0, 0.05) is 0 Å². The van der Waals surface area contributed by atoms with Crippen LogP contribution < -0.4 is 4.74 Å². The molecule has 1 aliphatic rings. The van der Waals surface area contributed by atoms with E-state index < -0.39 is 37.3 Å². The van der Waals surface area contributed by atoms with Crippen LogP contribution in [0.3, 0.4) is 0 Å². The van der Waals surface area contributed by atoms with Gasteiger partial charge in [-0.15, -0.1) is 0 Å². The van der Waals surface area contributed by atoms with Gasteiger partial charge in [-0.25, -0.2) is 0 Å². The molecule has 4 N–H and O–H groups in total. The van der Waals surface area contributed by atoms with E-state index in [-0.39, 0.29) is 0 Å². The van der Waals surface area contributed by atoms with E-state index in [4.69, 9.17) is 14.6 Å². The number of aliphatic hydroxyl groups excluding tert-OH is 4. The van der Waals surface area contributed by atoms with E-state index in [2.05, 4.69) is 22.4 Å². The molecule has 5 atom stereocenters. The second-order valence-electron chi connectivity index (χ2n) is 4.51. The Morgan fingerprint density at radius 2 is 1.81 bits per heavy atom. The highest BCUT2D eigenvalue weighted by Crippen LogP contribution is 2.25. The minimum Gasteiger partial charge on any atom is -0.462 e. The summed E-state index contributed by atoms with van der Waals surface area (Å²) < 4.78 is 10.6. The van der Waals surface area contributed by atoms with Gasteiger partial charge in [0.2, 0.25) is 6.29 Å². The highest BCUT2D eigenvalue weighted by atomic mass is 32.1. The Balaban J connectivity index is 2.08. The third-order valence-corrected chi connectivity index (χ3v) is 3.20. The van der Waals surface area contributed by atoms with Crippen molar-refractivity contribution in [2.45, 2.75) is 30.7 Å². The summed E-state index contributed by atoms with van der Waals surface area (Å²) in [6.07, 6.45) is -6.54. The van der Waals surface area contributed by atoms with E-state index in [1.54, 1.807) is 24.3 Å². The lowest BCUT2D eigenvalue weighted by molar-refractivity contribution is -0.277. The Kier molecular flexibility index (Phi) is 5.38. The van der Waals surface area contributed by atoms with Crippen LogP contribution in [0.1, 0.15) is 0 Å². The van der Waals surface area contributed by atoms with Crippen LogP contribution in [0.5, 0.6) is 5.75 Å². The van der Waals surface area contributed by atoms with Crippen LogP contribution in [-0.2, 0) is 4.74 Å². The van der Waals surface area contributed by atoms with Crippen LogP contribution in [0.2, 0.25) is 0 Å². The van der Waals surface area contributed by atoms with Gasteiger partial charge in [-0.3, -0.25) is 0 Å². The Morgan fingerprint density at radius 3 is 2.38 bits per heavy atom. The van der Waals surface area contributed by atoms with Gasteiger partial charge >= 0.3 is 0 Å². The summed E-state index contributed by atoms with van der Waals surface area (Å²) >= 11 is 4.49. The standard InChI is InChI=1S/C13H15NO6S/c15-5-9-10(16)11(17)12(18)13(20-9)19-8-3-1-7(2-4-8)14-6-21/h1-4,9-13,15-18H,5H2/t9-,10-,11+,12+,13+/m0/s1. The lowest BCUT2D eigenvalue weighted by atomic mass is 9.99. The lowest BCUT2D eigenvalue weighted by Gasteiger charge is -2.39. The molecular formula is C13H15NO6S. The van der Waals surface area contributed by atoms with E-state index in [0.717, 1.165) is 0 Å². The van der Waals surface area contributed by atoms with Crippen LogP contribution >= 0.6 is 12.2 Å². The number of nitrogens with zero attached hydrogens (tertiary/aromatic N) is 1. The Hall–Kier alpha value is -1.38. The van der Waals surface area contributed by atoms with E-state index >= 15 is 0 Å². The number of hydrogen-bond donors (Lipinski definition) is 4. The van der Waals surface area contributed by atoms with Gasteiger partial charge in [-0.2, -0.15) is 4.99 Å². The molecule has 0 amide bonds. The average molecular weight is 313 g/mol. The van der Waals surface area contributed by atoms with E-state index in [0.29, 0.717) is 11.4 Å². The predicted molar refractivity (Wildman–Crippen MR) is 75.5 cm³/mol. The van der Waals surface area contributed by atoms with Gasteiger partial charge < -0.3 is 29.9 Å². The molecule has 0 radical (unpaired) electrons. The molecule has 2 rings (SSSR count). The summed E-state index contributed by atoms with van der Waals surface area (Å²) in [6.45, 7) is -0.507. The van der Waals surface area contributed by atoms with Gasteiger partial charge in [0.1, 0.15) is 30.2 Å². The molecule has 1 aromatic carbocycles. The molecule has 0 spiro atoms. The third kappa shape index (κ3) is 3.63. The smallest absolute Gasteiger partial charge is 0.229 e. The number of ether oxygens (including phenoxy) is 2. The van der Waals surface area contributed by atoms with Crippen molar-refractivity contribution in [1.82, 2.24) is 0 Å². The normalized spacial score (nSPS) is 32.3. The van der Waals surface area contributed by atoms with Gasteiger partial charge in [-0.1, -0.05) is 0 Å². The first-order chi connectivity index (χ1) is 10.1. The zero-order valence-corrected chi connectivity index (χ0v) is 11.7. The molecule has 8 heteroatoms. The fourth-order valence-electron chi connectivity index (χ4n) is 1.95. The molecule has 1 aliphatic heterocycles. The van der Waals surface area contributed by atoms with Crippen molar-refractivity contribution in [3.05, 3.63) is 24.3 Å². The minimum absolute atomic E-state index is 0.364. The van der Waals surface area contributed by atoms with Crippen molar-refractivity contribution < 1.29 is 29.9 Å². The van der Waals surface area contributed by atoms with Crippen molar-refractivity contribution in [3.63, 3.8) is 0 Å². The van der Waals surface area contributed by atoms with Crippen LogP contribution in [0, 0.1) is 0 Å². The number of thiocarbonyl (C=S) groups is 1. The van der Waals surface area contributed by atoms with Crippen LogP contribution in [0.4, 0.5) is 5.69 Å². The molecule has 1 saturated heterocycles. The summed E-state index contributed by atoms with van der Waals surface area (Å²) in [6, 6.07) is 6.40. The van der Waals surface area contributed by atoms with Crippen LogP contribution in [0.25, 0.3) is 0 Å². The SMILES string of the molecule is OC[C@@H]1O[C@@H](Oc2ccc(N=C=S)cc2)[C@H](O)[C@H](O)[C@H]1O. The Labute approximate surface area is 126 Å². The highest BCUT2D eigenvalue weighted by Gasteiger charge is 2.44. The van der Waals surface area contributed by atoms with Crippen molar-refractivity contribution in [3.8, 4) is 5.75 Å². The molecular weight excluding hydrogens is 298 g/mol. The molecule has 1 aromatic rings. The molecule has 1 heterocycles. The molecule has 21 heavy (non-hydrogen) atoms. The largest absolute Gasteiger partial charge is 0.462 e. The minimum atomic E-state index is -1.47. The summed E-state index contributed by atoms with van der Waals surface area (Å²) in [5.41, 5.74) is 0.589. The summed E-state index contributed by atoms with van der Waals surface area (Å²) in [4.78, 5) is 3.78. The maximum atomic E-state index is 9.84. The molecule has 0 unspecified atom stereocenters. The Morgan fingerprint density at radius 1 is 1.14 bits per heavy atom. The van der Waals surface area contributed by atoms with Crippen molar-refractivity contribution >= 4 is 23.1 Å². The maximum Gasteiger partial charge on any atom is 0.229 e. The van der Waals surface area contributed by atoms with Crippen molar-refractivity contribution in [2.75, 3.05) is 6.61 Å². The third-order valence-electron chi connectivity index (χ3n) is 3.11. The topological polar surface area (TPSA) is 112 Å². The average Bonchev–Trinajstić information content (AvgIpc) is 2.50. The fourth-order valence-corrected chi connectivity index (χ4v) is 2.06. The van der Waals surface area contributed by atoms with Gasteiger partial charge in [0.05, 0.1) is 17.5 Å². The van der Waals surface area contributed by atoms with Crippen LogP contribution in [0.15, 0.2) is 29.3 Å². The van der Waals surface area contributed by atoms with Gasteiger partial charge in [-0.05, 0) is 36.5 Å². The first-order valence-electron chi connectivity index (χ1n) is 6.22. The molecule has 0 aromatic heterocycles. The number of benzene rings is 1. The van der Waals surface area contributed by atoms with E-state index in [9.17, 15) is 15.3 Å². The number of hydrogen-bond acceptors (Lipinski definition) is 8. The maximum absolute atomic E-state index is 9.84. The predicted octanol–water partition coefficient (Wildman–Crippen LogP) is -0.400. The summed E-state index contributed by atoms with van der Waals surface area (Å²) in [7, 11) is 0. The molecule has 114 valence electrons. The zero-order valence-electron chi connectivity index (χ0n) is 10.9. The molecule has 1 fully saturated rings. The number of isothiocyanates is 1. The fraction of sp³-hybridized carbons (Fsp3) is 0.462. The first-order valence-corrected chi connectivity index (χ1v) is 6.62. The summed E-state index contributed by atoms with van der Waals surface area (Å²) in [5.74, 6) is 0.364. The number of rotatable bonds is 4. The molecule has 0 aliphatic carbocycles. The first kappa shape index (κ1) is 16.0. The lowest BCUT2D eigenvalue weighted by Crippen LogP contribution is -2.60. The van der Waals surface area contributed by atoms with Crippen molar-refractivity contribution in [1.29, 1.82) is 0 Å². The zero-order chi connectivity index (χ0) is 15.4. The van der Waals surface area contributed by atoms with Crippen molar-refractivity contribution in [2.24, 2.45) is 4.99 Å². The second-order valence-corrected chi connectivity index (χ2v) is 4.69. The quantitative estimate of drug-likeness (QED) is 0.442.